The summed E-state index contributed by atoms with van der Waals surface area (Å²) in [7, 11) is 5.47. The average molecular weight is 480 g/mol. The Hall–Kier alpha value is -4.79. The minimum absolute atomic E-state index is 0.384. The second-order valence-corrected chi connectivity index (χ2v) is 8.70. The van der Waals surface area contributed by atoms with E-state index in [1.54, 1.807) is 24.7 Å². The highest BCUT2D eigenvalue weighted by molar-refractivity contribution is 6.00. The fourth-order valence-electron chi connectivity index (χ4n) is 4.32. The molecule has 1 aromatic carbocycles. The van der Waals surface area contributed by atoms with Crippen LogP contribution in [-0.4, -0.2) is 51.3 Å². The number of anilines is 1. The van der Waals surface area contributed by atoms with Gasteiger partial charge in [0.2, 0.25) is 0 Å². The lowest BCUT2D eigenvalue weighted by atomic mass is 10.1. The lowest BCUT2D eigenvalue weighted by Crippen LogP contribution is -2.08. The Bertz CT molecular complexity index is 1740. The van der Waals surface area contributed by atoms with E-state index >= 15 is 0 Å². The van der Waals surface area contributed by atoms with E-state index in [1.807, 2.05) is 43.4 Å². The third-order valence-electron chi connectivity index (χ3n) is 6.17. The Morgan fingerprint density at radius 1 is 0.861 bits per heavy atom. The second kappa shape index (κ2) is 8.46. The van der Waals surface area contributed by atoms with Crippen molar-refractivity contribution in [1.29, 1.82) is 0 Å². The number of H-pyrrole nitrogens is 2. The number of benzene rings is 1. The van der Waals surface area contributed by atoms with Crippen LogP contribution in [0.5, 0.6) is 5.75 Å². The first-order valence-electron chi connectivity index (χ1n) is 11.3. The van der Waals surface area contributed by atoms with Gasteiger partial charge in [-0.05, 0) is 36.4 Å². The van der Waals surface area contributed by atoms with Gasteiger partial charge in [0.15, 0.2) is 0 Å². The average Bonchev–Trinajstić information content (AvgIpc) is 3.51. The van der Waals surface area contributed by atoms with Crippen molar-refractivity contribution < 1.29 is 9.13 Å². The maximum atomic E-state index is 14.2. The lowest BCUT2D eigenvalue weighted by Gasteiger charge is -2.12. The molecule has 0 spiro atoms. The Morgan fingerprint density at radius 2 is 1.72 bits per heavy atom. The first-order valence-corrected chi connectivity index (χ1v) is 11.3. The van der Waals surface area contributed by atoms with Gasteiger partial charge < -0.3 is 14.6 Å². The molecule has 0 fully saturated rings. The summed E-state index contributed by atoms with van der Waals surface area (Å²) in [5.74, 6) is 0.0516. The highest BCUT2D eigenvalue weighted by atomic mass is 19.1. The summed E-state index contributed by atoms with van der Waals surface area (Å²) in [6, 6.07) is 12.5. The van der Waals surface area contributed by atoms with Crippen LogP contribution < -0.4 is 9.64 Å². The van der Waals surface area contributed by atoms with E-state index in [9.17, 15) is 4.39 Å². The van der Waals surface area contributed by atoms with Crippen molar-refractivity contribution in [2.45, 2.75) is 0 Å². The molecule has 8 nitrogen and oxygen atoms in total. The summed E-state index contributed by atoms with van der Waals surface area (Å²) < 4.78 is 19.5. The number of aromatic nitrogens is 6. The minimum atomic E-state index is -0.384. The van der Waals surface area contributed by atoms with Gasteiger partial charge in [-0.3, -0.25) is 20.1 Å². The summed E-state index contributed by atoms with van der Waals surface area (Å²) >= 11 is 0. The first-order chi connectivity index (χ1) is 17.5. The van der Waals surface area contributed by atoms with Gasteiger partial charge in [0.25, 0.3) is 0 Å². The molecule has 0 radical (unpaired) electrons. The van der Waals surface area contributed by atoms with Crippen molar-refractivity contribution in [2.75, 3.05) is 26.1 Å². The molecule has 9 heteroatoms. The number of pyridine rings is 3. The summed E-state index contributed by atoms with van der Waals surface area (Å²) in [6.45, 7) is 0. The highest BCUT2D eigenvalue weighted by Crippen LogP contribution is 2.35. The van der Waals surface area contributed by atoms with E-state index < -0.39 is 0 Å². The maximum Gasteiger partial charge on any atom is 0.127 e. The van der Waals surface area contributed by atoms with E-state index in [0.717, 1.165) is 50.1 Å². The van der Waals surface area contributed by atoms with Crippen LogP contribution in [0.15, 0.2) is 67.3 Å². The summed E-state index contributed by atoms with van der Waals surface area (Å²) in [5, 5.41) is 9.41. The van der Waals surface area contributed by atoms with Gasteiger partial charge in [-0.1, -0.05) is 0 Å². The van der Waals surface area contributed by atoms with Crippen molar-refractivity contribution in [2.24, 2.45) is 0 Å². The lowest BCUT2D eigenvalue weighted by molar-refractivity contribution is 0.411. The van der Waals surface area contributed by atoms with E-state index in [2.05, 4.69) is 36.2 Å². The highest BCUT2D eigenvalue weighted by Gasteiger charge is 2.16. The van der Waals surface area contributed by atoms with Crippen LogP contribution in [0.4, 0.5) is 10.1 Å². The zero-order valence-electron chi connectivity index (χ0n) is 19.9. The van der Waals surface area contributed by atoms with Crippen LogP contribution in [0.3, 0.4) is 0 Å². The molecule has 0 saturated carbocycles. The minimum Gasteiger partial charge on any atom is -0.497 e. The summed E-state index contributed by atoms with van der Waals surface area (Å²) in [5.41, 5.74) is 7.24. The molecule has 0 bridgehead atoms. The van der Waals surface area contributed by atoms with E-state index in [1.165, 1.54) is 19.2 Å². The Balaban J connectivity index is 1.47. The summed E-state index contributed by atoms with van der Waals surface area (Å²) in [6.07, 6.45) is 7.09. The van der Waals surface area contributed by atoms with Crippen LogP contribution in [0, 0.1) is 5.82 Å². The van der Waals surface area contributed by atoms with Gasteiger partial charge in [0.05, 0.1) is 47.8 Å². The number of aromatic amines is 2. The van der Waals surface area contributed by atoms with Crippen molar-refractivity contribution in [3.05, 3.63) is 73.1 Å². The van der Waals surface area contributed by atoms with E-state index in [4.69, 9.17) is 4.74 Å². The molecule has 0 saturated heterocycles. The van der Waals surface area contributed by atoms with Crippen molar-refractivity contribution >= 4 is 27.5 Å². The summed E-state index contributed by atoms with van der Waals surface area (Å²) in [4.78, 5) is 18.9. The molecule has 0 amide bonds. The predicted octanol–water partition coefficient (Wildman–Crippen LogP) is 5.44. The molecule has 6 aromatic rings. The quantitative estimate of drug-likeness (QED) is 0.342. The number of ether oxygens (including phenoxy) is 1. The number of hydrogen-bond acceptors (Lipinski definition) is 6. The van der Waals surface area contributed by atoms with Crippen LogP contribution in [0.1, 0.15) is 0 Å². The predicted molar refractivity (Wildman–Crippen MR) is 138 cm³/mol. The molecule has 0 atom stereocenters. The van der Waals surface area contributed by atoms with Crippen molar-refractivity contribution in [1.82, 2.24) is 30.1 Å². The Labute approximate surface area is 205 Å². The molecule has 6 rings (SSSR count). The molecule has 5 heterocycles. The molecular formula is C27H22FN7O. The molecule has 0 aliphatic carbocycles. The molecule has 0 aliphatic heterocycles. The number of halogens is 1. The van der Waals surface area contributed by atoms with Crippen LogP contribution in [0.25, 0.3) is 55.7 Å². The normalized spacial score (nSPS) is 11.3. The third kappa shape index (κ3) is 3.70. The molecule has 2 N–H and O–H groups in total. The molecule has 178 valence electrons. The number of nitrogens with zero attached hydrogens (tertiary/aromatic N) is 5. The van der Waals surface area contributed by atoms with Crippen molar-refractivity contribution in [3.63, 3.8) is 0 Å². The number of fused-ring (bicyclic) bond motifs is 2. The number of nitrogens with one attached hydrogen (secondary N) is 2. The van der Waals surface area contributed by atoms with Gasteiger partial charge in [-0.2, -0.15) is 5.10 Å². The molecular weight excluding hydrogens is 457 g/mol. The topological polar surface area (TPSA) is 95.6 Å². The van der Waals surface area contributed by atoms with E-state index in [-0.39, 0.29) is 5.82 Å². The monoisotopic (exact) mass is 479 g/mol. The molecule has 0 aliphatic rings. The standard InChI is InChI=1S/C27H22FN7O/c1-35(2)18-7-16(12-29-13-18)23-10-21-25(14-31-23)33-34-27(21)24-11-20-22(32-24)4-5-30-26(20)15-6-17(28)9-19(8-15)36-3/h4-14,32H,1-3H3,(H,33,34). The third-order valence-corrected chi connectivity index (χ3v) is 6.17. The van der Waals surface area contributed by atoms with Gasteiger partial charge in [0.1, 0.15) is 17.3 Å². The van der Waals surface area contributed by atoms with Gasteiger partial charge >= 0.3 is 0 Å². The van der Waals surface area contributed by atoms with Gasteiger partial charge in [-0.25, -0.2) is 4.39 Å². The van der Waals surface area contributed by atoms with Crippen LogP contribution in [-0.2, 0) is 0 Å². The smallest absolute Gasteiger partial charge is 0.127 e. The van der Waals surface area contributed by atoms with Crippen LogP contribution in [0.2, 0.25) is 0 Å². The molecule has 0 unspecified atom stereocenters. The maximum absolute atomic E-state index is 14.2. The van der Waals surface area contributed by atoms with Gasteiger partial charge in [-0.15, -0.1) is 0 Å². The number of rotatable bonds is 5. The Kier molecular flexibility index (Phi) is 5.10. The SMILES string of the molecule is COc1cc(F)cc(-c2nccc3[nH]c(-c4n[nH]c5cnc(-c6cncc(N(C)C)c6)cc45)cc23)c1. The van der Waals surface area contributed by atoms with Crippen molar-refractivity contribution in [3.8, 4) is 39.7 Å². The zero-order chi connectivity index (χ0) is 24.8. The zero-order valence-corrected chi connectivity index (χ0v) is 19.9. The molecule has 5 aromatic heterocycles. The second-order valence-electron chi connectivity index (χ2n) is 8.70. The fraction of sp³-hybridized carbons (Fsp3) is 0.111. The molecule has 36 heavy (non-hydrogen) atoms. The van der Waals surface area contributed by atoms with E-state index in [0.29, 0.717) is 17.0 Å². The first kappa shape index (κ1) is 21.7. The Morgan fingerprint density at radius 3 is 2.56 bits per heavy atom. The largest absolute Gasteiger partial charge is 0.497 e. The number of hydrogen-bond donors (Lipinski definition) is 2. The van der Waals surface area contributed by atoms with Crippen LogP contribution >= 0.6 is 0 Å². The number of methoxy groups -OCH3 is 1. The fourth-order valence-corrected chi connectivity index (χ4v) is 4.32. The van der Waals surface area contributed by atoms with Gasteiger partial charge in [0, 0.05) is 60.0 Å².